The Kier molecular flexibility index (Phi) is 3.61. The number of anilines is 1. The molecule has 0 aliphatic carbocycles. The minimum Gasteiger partial charge on any atom is -0.366 e. The second-order valence-corrected chi connectivity index (χ2v) is 4.70. The van der Waals surface area contributed by atoms with Crippen molar-refractivity contribution < 1.29 is 4.79 Å². The van der Waals surface area contributed by atoms with Crippen LogP contribution in [-0.4, -0.2) is 21.1 Å². The van der Waals surface area contributed by atoms with Gasteiger partial charge in [0.05, 0.1) is 6.04 Å². The quantitative estimate of drug-likeness (QED) is 0.803. The van der Waals surface area contributed by atoms with E-state index in [1.165, 1.54) is 0 Å². The predicted octanol–water partition coefficient (Wildman–Crippen LogP) is 1.64. The molecule has 1 amide bonds. The molecule has 4 N–H and O–H groups in total. The third kappa shape index (κ3) is 2.86. The van der Waals surface area contributed by atoms with E-state index in [9.17, 15) is 4.79 Å². The number of halogens is 1. The first-order valence-electron chi connectivity index (χ1n) is 5.30. The minimum atomic E-state index is -0.338. The summed E-state index contributed by atoms with van der Waals surface area (Å²) in [5.41, 5.74) is 6.34. The Labute approximate surface area is 112 Å². The lowest BCUT2D eigenvalue weighted by Gasteiger charge is -2.13. The van der Waals surface area contributed by atoms with Crippen molar-refractivity contribution in [3.63, 3.8) is 0 Å². The van der Waals surface area contributed by atoms with Gasteiger partial charge in [-0.3, -0.25) is 9.89 Å². The van der Waals surface area contributed by atoms with Crippen LogP contribution in [0.3, 0.4) is 0 Å². The molecule has 0 fully saturated rings. The van der Waals surface area contributed by atoms with Gasteiger partial charge in [0.15, 0.2) is 0 Å². The maximum absolute atomic E-state index is 11.8. The summed E-state index contributed by atoms with van der Waals surface area (Å²) in [7, 11) is 0. The van der Waals surface area contributed by atoms with E-state index in [0.29, 0.717) is 0 Å². The molecular formula is C11H12BrN5O. The molecule has 0 bridgehead atoms. The van der Waals surface area contributed by atoms with E-state index >= 15 is 0 Å². The second-order valence-electron chi connectivity index (χ2n) is 3.79. The molecule has 94 valence electrons. The lowest BCUT2D eigenvalue weighted by atomic mass is 10.1. The minimum absolute atomic E-state index is 0.0523. The van der Waals surface area contributed by atoms with Gasteiger partial charge in [-0.2, -0.15) is 4.98 Å². The number of hydrogen-bond donors (Lipinski definition) is 3. The lowest BCUT2D eigenvalue weighted by Crippen LogP contribution is -2.27. The average molecular weight is 310 g/mol. The van der Waals surface area contributed by atoms with Crippen molar-refractivity contribution in [3.05, 3.63) is 40.1 Å². The summed E-state index contributed by atoms with van der Waals surface area (Å²) in [5.74, 6) is -0.178. The van der Waals surface area contributed by atoms with Crippen molar-refractivity contribution >= 4 is 27.8 Å². The number of aromatic nitrogens is 3. The van der Waals surface area contributed by atoms with Crippen molar-refractivity contribution in [2.45, 2.75) is 13.0 Å². The molecule has 1 heterocycles. The number of aromatic amines is 1. The van der Waals surface area contributed by atoms with E-state index in [4.69, 9.17) is 5.73 Å². The van der Waals surface area contributed by atoms with E-state index in [1.807, 2.05) is 31.2 Å². The van der Waals surface area contributed by atoms with Crippen molar-refractivity contribution in [3.8, 4) is 0 Å². The van der Waals surface area contributed by atoms with Gasteiger partial charge in [-0.15, -0.1) is 5.10 Å². The second kappa shape index (κ2) is 5.18. The Morgan fingerprint density at radius 1 is 1.44 bits per heavy atom. The molecule has 6 nitrogen and oxygen atoms in total. The first-order chi connectivity index (χ1) is 8.56. The molecule has 1 aromatic heterocycles. The number of nitrogens with two attached hydrogens (primary N) is 1. The zero-order chi connectivity index (χ0) is 13.1. The molecule has 0 saturated carbocycles. The summed E-state index contributed by atoms with van der Waals surface area (Å²) in [5, 5.41) is 8.87. The van der Waals surface area contributed by atoms with Crippen LogP contribution in [0.4, 0.5) is 5.95 Å². The fourth-order valence-corrected chi connectivity index (χ4v) is 1.74. The van der Waals surface area contributed by atoms with Crippen LogP contribution in [0.25, 0.3) is 0 Å². The zero-order valence-electron chi connectivity index (χ0n) is 9.64. The van der Waals surface area contributed by atoms with Gasteiger partial charge in [0.25, 0.3) is 5.91 Å². The van der Waals surface area contributed by atoms with Crippen LogP contribution in [0.15, 0.2) is 28.7 Å². The average Bonchev–Trinajstić information content (AvgIpc) is 2.76. The van der Waals surface area contributed by atoms with Crippen LogP contribution in [-0.2, 0) is 0 Å². The smallest absolute Gasteiger partial charge is 0.289 e. The van der Waals surface area contributed by atoms with Crippen molar-refractivity contribution in [1.29, 1.82) is 0 Å². The molecule has 0 aliphatic rings. The number of rotatable bonds is 3. The largest absolute Gasteiger partial charge is 0.366 e. The molecule has 18 heavy (non-hydrogen) atoms. The molecule has 1 atom stereocenters. The fourth-order valence-electron chi connectivity index (χ4n) is 1.48. The fraction of sp³-hybridized carbons (Fsp3) is 0.182. The van der Waals surface area contributed by atoms with Gasteiger partial charge in [0.2, 0.25) is 11.8 Å². The summed E-state index contributed by atoms with van der Waals surface area (Å²) < 4.78 is 0.993. The third-order valence-corrected chi connectivity index (χ3v) is 2.96. The molecule has 1 unspecified atom stereocenters. The van der Waals surface area contributed by atoms with E-state index in [0.717, 1.165) is 10.0 Å². The van der Waals surface area contributed by atoms with Crippen LogP contribution in [0.1, 0.15) is 29.1 Å². The Hall–Kier alpha value is -1.89. The monoisotopic (exact) mass is 309 g/mol. The van der Waals surface area contributed by atoms with E-state index in [2.05, 4.69) is 36.4 Å². The summed E-state index contributed by atoms with van der Waals surface area (Å²) in [6.45, 7) is 1.89. The number of amides is 1. The Morgan fingerprint density at radius 2 is 2.11 bits per heavy atom. The number of carbonyl (C=O) groups is 1. The number of nitrogen functional groups attached to an aromatic ring is 1. The van der Waals surface area contributed by atoms with Gasteiger partial charge in [-0.25, -0.2) is 0 Å². The van der Waals surface area contributed by atoms with Crippen LogP contribution >= 0.6 is 15.9 Å². The highest BCUT2D eigenvalue weighted by molar-refractivity contribution is 9.10. The standard InChI is InChI=1S/C11H12BrN5O/c1-6(7-2-4-8(12)5-3-7)14-10(18)9-15-11(13)17-16-9/h2-6H,1H3,(H,14,18)(H3,13,15,16,17). The summed E-state index contributed by atoms with van der Waals surface area (Å²) in [6.07, 6.45) is 0. The lowest BCUT2D eigenvalue weighted by molar-refractivity contribution is 0.0930. The van der Waals surface area contributed by atoms with Crippen molar-refractivity contribution in [1.82, 2.24) is 20.5 Å². The normalized spacial score (nSPS) is 12.1. The summed E-state index contributed by atoms with van der Waals surface area (Å²) in [6, 6.07) is 7.58. The van der Waals surface area contributed by atoms with Crippen LogP contribution < -0.4 is 11.1 Å². The van der Waals surface area contributed by atoms with E-state index in [-0.39, 0.29) is 23.7 Å². The molecule has 1 aromatic carbocycles. The molecular weight excluding hydrogens is 298 g/mol. The highest BCUT2D eigenvalue weighted by Gasteiger charge is 2.14. The number of hydrogen-bond acceptors (Lipinski definition) is 4. The first kappa shape index (κ1) is 12.6. The van der Waals surface area contributed by atoms with E-state index < -0.39 is 0 Å². The maximum atomic E-state index is 11.8. The molecule has 0 spiro atoms. The highest BCUT2D eigenvalue weighted by atomic mass is 79.9. The molecule has 0 saturated heterocycles. The highest BCUT2D eigenvalue weighted by Crippen LogP contribution is 2.16. The number of benzene rings is 1. The SMILES string of the molecule is CC(NC(=O)c1nc(N)n[nH]1)c1ccc(Br)cc1. The van der Waals surface area contributed by atoms with Gasteiger partial charge < -0.3 is 11.1 Å². The summed E-state index contributed by atoms with van der Waals surface area (Å²) >= 11 is 3.36. The number of nitrogens with one attached hydrogen (secondary N) is 2. The van der Waals surface area contributed by atoms with Gasteiger partial charge in [0.1, 0.15) is 0 Å². The van der Waals surface area contributed by atoms with Gasteiger partial charge >= 0.3 is 0 Å². The van der Waals surface area contributed by atoms with Crippen LogP contribution in [0, 0.1) is 0 Å². The summed E-state index contributed by atoms with van der Waals surface area (Å²) in [4.78, 5) is 15.6. The predicted molar refractivity (Wildman–Crippen MR) is 70.8 cm³/mol. The number of nitrogens with zero attached hydrogens (tertiary/aromatic N) is 2. The Bertz CT molecular complexity index is 551. The van der Waals surface area contributed by atoms with Gasteiger partial charge in [-0.1, -0.05) is 28.1 Å². The first-order valence-corrected chi connectivity index (χ1v) is 6.10. The van der Waals surface area contributed by atoms with Crippen LogP contribution in [0.5, 0.6) is 0 Å². The Morgan fingerprint density at radius 3 is 2.67 bits per heavy atom. The molecule has 0 aliphatic heterocycles. The molecule has 2 rings (SSSR count). The Balaban J connectivity index is 2.05. The third-order valence-electron chi connectivity index (χ3n) is 2.44. The zero-order valence-corrected chi connectivity index (χ0v) is 11.2. The topological polar surface area (TPSA) is 96.7 Å². The van der Waals surface area contributed by atoms with Gasteiger partial charge in [-0.05, 0) is 24.6 Å². The van der Waals surface area contributed by atoms with E-state index in [1.54, 1.807) is 0 Å². The number of H-pyrrole nitrogens is 1. The maximum Gasteiger partial charge on any atom is 0.289 e. The molecule has 7 heteroatoms. The molecule has 0 radical (unpaired) electrons. The van der Waals surface area contributed by atoms with Crippen molar-refractivity contribution in [2.75, 3.05) is 5.73 Å². The van der Waals surface area contributed by atoms with Crippen molar-refractivity contribution in [2.24, 2.45) is 0 Å². The molecule has 2 aromatic rings. The van der Waals surface area contributed by atoms with Crippen LogP contribution in [0.2, 0.25) is 0 Å². The number of carbonyl (C=O) groups excluding carboxylic acids is 1. The van der Waals surface area contributed by atoms with Gasteiger partial charge in [0, 0.05) is 4.47 Å².